The van der Waals surface area contributed by atoms with E-state index in [1.54, 1.807) is 0 Å². The van der Waals surface area contributed by atoms with Crippen LogP contribution in [0.15, 0.2) is 12.3 Å². The highest BCUT2D eigenvalue weighted by Gasteiger charge is 1.98. The number of hydrogen-bond donors (Lipinski definition) is 1. The maximum Gasteiger partial charge on any atom is 0.236 e. The molecule has 0 saturated heterocycles. The van der Waals surface area contributed by atoms with Crippen molar-refractivity contribution in [3.8, 4) is 0 Å². The summed E-state index contributed by atoms with van der Waals surface area (Å²) < 4.78 is 20.0. The second kappa shape index (κ2) is 2.94. The smallest absolute Gasteiger partial charge is 0.236 e. The average molecular weight is 157 g/mol. The normalized spacial score (nSPS) is 12.6. The number of aliphatic hydroxyl groups is 1. The van der Waals surface area contributed by atoms with Crippen molar-refractivity contribution >= 4 is 19.7 Å². The SMILES string of the molecule is O=S(=O)(Cl)CC=CO. The Kier molecular flexibility index (Phi) is 2.86. The molecule has 1 N–H and O–H groups in total. The van der Waals surface area contributed by atoms with Crippen LogP contribution in [0.3, 0.4) is 0 Å². The van der Waals surface area contributed by atoms with Crippen LogP contribution >= 0.6 is 10.7 Å². The molecule has 0 unspecified atom stereocenters. The van der Waals surface area contributed by atoms with Gasteiger partial charge < -0.3 is 5.11 Å². The zero-order valence-electron chi connectivity index (χ0n) is 3.91. The van der Waals surface area contributed by atoms with Gasteiger partial charge in [0.15, 0.2) is 0 Å². The van der Waals surface area contributed by atoms with Crippen molar-refractivity contribution in [1.82, 2.24) is 0 Å². The lowest BCUT2D eigenvalue weighted by Gasteiger charge is -1.81. The minimum absolute atomic E-state index is 0.328. The second-order valence-corrected chi connectivity index (χ2v) is 3.91. The van der Waals surface area contributed by atoms with E-state index in [2.05, 4.69) is 0 Å². The quantitative estimate of drug-likeness (QED) is 0.471. The Labute approximate surface area is 52.0 Å². The van der Waals surface area contributed by atoms with E-state index in [0.717, 1.165) is 6.08 Å². The molecule has 0 bridgehead atoms. The topological polar surface area (TPSA) is 54.4 Å². The van der Waals surface area contributed by atoms with Crippen LogP contribution < -0.4 is 0 Å². The van der Waals surface area contributed by atoms with Crippen LogP contribution in [0.5, 0.6) is 0 Å². The van der Waals surface area contributed by atoms with Gasteiger partial charge in [-0.1, -0.05) is 0 Å². The molecule has 5 heteroatoms. The van der Waals surface area contributed by atoms with Gasteiger partial charge in [-0.05, 0) is 6.08 Å². The summed E-state index contributed by atoms with van der Waals surface area (Å²) in [6.07, 6.45) is 1.68. The molecule has 0 aromatic rings. The number of halogens is 1. The molecule has 0 aliphatic carbocycles. The summed E-state index contributed by atoms with van der Waals surface area (Å²) in [5, 5.41) is 7.93. The number of aliphatic hydroxyl groups excluding tert-OH is 1. The zero-order valence-corrected chi connectivity index (χ0v) is 5.48. The van der Waals surface area contributed by atoms with E-state index in [4.69, 9.17) is 15.8 Å². The Morgan fingerprint density at radius 2 is 2.12 bits per heavy atom. The summed E-state index contributed by atoms with van der Waals surface area (Å²) in [6.45, 7) is 0. The summed E-state index contributed by atoms with van der Waals surface area (Å²) in [4.78, 5) is 0. The molecule has 0 aliphatic rings. The molecule has 8 heavy (non-hydrogen) atoms. The Morgan fingerprint density at radius 1 is 1.62 bits per heavy atom. The van der Waals surface area contributed by atoms with Crippen molar-refractivity contribution in [1.29, 1.82) is 0 Å². The number of rotatable bonds is 2. The average Bonchev–Trinajstić information content (AvgIpc) is 1.59. The fraction of sp³-hybridized carbons (Fsp3) is 0.333. The Bertz CT molecular complexity index is 169. The Hall–Kier alpha value is -0.220. The lowest BCUT2D eigenvalue weighted by molar-refractivity contribution is 0.472. The molecular weight excluding hydrogens is 152 g/mol. The van der Waals surface area contributed by atoms with Crippen LogP contribution in [0.25, 0.3) is 0 Å². The molecule has 0 amide bonds. The molecule has 3 nitrogen and oxygen atoms in total. The predicted octanol–water partition coefficient (Wildman–Crippen LogP) is 0.627. The van der Waals surface area contributed by atoms with Gasteiger partial charge in [0.1, 0.15) is 0 Å². The molecular formula is C3H5ClO3S. The summed E-state index contributed by atoms with van der Waals surface area (Å²) >= 11 is 0. The van der Waals surface area contributed by atoms with Crippen LogP contribution in [0.4, 0.5) is 0 Å². The summed E-state index contributed by atoms with van der Waals surface area (Å²) in [5.74, 6) is -0.328. The third-order valence-electron chi connectivity index (χ3n) is 0.401. The third-order valence-corrected chi connectivity index (χ3v) is 1.37. The zero-order chi connectivity index (χ0) is 6.62. The van der Waals surface area contributed by atoms with Gasteiger partial charge >= 0.3 is 0 Å². The molecule has 48 valence electrons. The highest BCUT2D eigenvalue weighted by Crippen LogP contribution is 1.94. The summed E-state index contributed by atoms with van der Waals surface area (Å²) in [5.41, 5.74) is 0. The largest absolute Gasteiger partial charge is 0.516 e. The van der Waals surface area contributed by atoms with Gasteiger partial charge in [0, 0.05) is 10.7 Å². The van der Waals surface area contributed by atoms with Crippen LogP contribution in [-0.2, 0) is 9.05 Å². The molecule has 0 saturated carbocycles. The van der Waals surface area contributed by atoms with Crippen LogP contribution in [0.1, 0.15) is 0 Å². The summed E-state index contributed by atoms with van der Waals surface area (Å²) in [7, 11) is 1.26. The van der Waals surface area contributed by atoms with E-state index in [9.17, 15) is 8.42 Å². The first-order chi connectivity index (χ1) is 3.56. The van der Waals surface area contributed by atoms with E-state index >= 15 is 0 Å². The third kappa shape index (κ3) is 5.78. The van der Waals surface area contributed by atoms with Crippen molar-refractivity contribution in [3.05, 3.63) is 12.3 Å². The first-order valence-electron chi connectivity index (χ1n) is 1.78. The fourth-order valence-corrected chi connectivity index (χ4v) is 0.692. The van der Waals surface area contributed by atoms with E-state index in [0.29, 0.717) is 6.26 Å². The maximum atomic E-state index is 9.99. The van der Waals surface area contributed by atoms with E-state index < -0.39 is 9.05 Å². The van der Waals surface area contributed by atoms with Gasteiger partial charge in [-0.2, -0.15) is 0 Å². The van der Waals surface area contributed by atoms with Crippen LogP contribution in [-0.4, -0.2) is 19.3 Å². The van der Waals surface area contributed by atoms with E-state index in [-0.39, 0.29) is 5.75 Å². The highest BCUT2D eigenvalue weighted by molar-refractivity contribution is 8.13. The minimum atomic E-state index is -3.46. The van der Waals surface area contributed by atoms with Gasteiger partial charge in [-0.15, -0.1) is 0 Å². The Balaban J connectivity index is 3.76. The van der Waals surface area contributed by atoms with Gasteiger partial charge in [-0.3, -0.25) is 0 Å². The second-order valence-electron chi connectivity index (χ2n) is 1.09. The highest BCUT2D eigenvalue weighted by atomic mass is 35.7. The first-order valence-corrected chi connectivity index (χ1v) is 4.25. The monoisotopic (exact) mass is 156 g/mol. The van der Waals surface area contributed by atoms with Crippen LogP contribution in [0, 0.1) is 0 Å². The first kappa shape index (κ1) is 7.78. The van der Waals surface area contributed by atoms with E-state index in [1.165, 1.54) is 0 Å². The molecule has 0 radical (unpaired) electrons. The maximum absolute atomic E-state index is 9.99. The molecule has 0 heterocycles. The van der Waals surface area contributed by atoms with E-state index in [1.807, 2.05) is 0 Å². The van der Waals surface area contributed by atoms with Crippen molar-refractivity contribution < 1.29 is 13.5 Å². The minimum Gasteiger partial charge on any atom is -0.516 e. The Morgan fingerprint density at radius 3 is 2.25 bits per heavy atom. The number of hydrogen-bond acceptors (Lipinski definition) is 3. The predicted molar refractivity (Wildman–Crippen MR) is 31.4 cm³/mol. The van der Waals surface area contributed by atoms with Gasteiger partial charge in [0.2, 0.25) is 9.05 Å². The molecule has 0 rings (SSSR count). The molecule has 0 spiro atoms. The van der Waals surface area contributed by atoms with Crippen LogP contribution in [0.2, 0.25) is 0 Å². The van der Waals surface area contributed by atoms with Crippen molar-refractivity contribution in [2.75, 3.05) is 5.75 Å². The molecule has 0 atom stereocenters. The van der Waals surface area contributed by atoms with Gasteiger partial charge in [-0.25, -0.2) is 8.42 Å². The van der Waals surface area contributed by atoms with Crippen molar-refractivity contribution in [2.45, 2.75) is 0 Å². The standard InChI is InChI=1S/C3H5ClO3S/c4-8(6,7)3-1-2-5/h1-2,5H,3H2. The van der Waals surface area contributed by atoms with Gasteiger partial charge in [0.05, 0.1) is 12.0 Å². The lowest BCUT2D eigenvalue weighted by Crippen LogP contribution is -1.91. The lowest BCUT2D eigenvalue weighted by atomic mass is 10.7. The molecule has 0 aromatic heterocycles. The van der Waals surface area contributed by atoms with Gasteiger partial charge in [0.25, 0.3) is 0 Å². The molecule has 0 aromatic carbocycles. The molecule has 0 fully saturated rings. The fourth-order valence-electron chi connectivity index (χ4n) is 0.158. The van der Waals surface area contributed by atoms with Crippen molar-refractivity contribution in [3.63, 3.8) is 0 Å². The molecule has 0 aliphatic heterocycles. The summed E-state index contributed by atoms with van der Waals surface area (Å²) in [6, 6.07) is 0. The van der Waals surface area contributed by atoms with Crippen molar-refractivity contribution in [2.24, 2.45) is 0 Å².